The van der Waals surface area contributed by atoms with Crippen LogP contribution < -0.4 is 15.1 Å². The molecule has 1 aromatic rings. The average molecular weight is 428 g/mol. The molecule has 0 aromatic heterocycles. The molecular formula is C21H24N4O6. The van der Waals surface area contributed by atoms with Crippen molar-refractivity contribution in [1.82, 2.24) is 5.32 Å². The summed E-state index contributed by atoms with van der Waals surface area (Å²) in [5.41, 5.74) is 1.48. The molecule has 0 aliphatic carbocycles. The summed E-state index contributed by atoms with van der Waals surface area (Å²) in [4.78, 5) is 39.8. The number of nitrogens with one attached hydrogen (secondary N) is 1. The van der Waals surface area contributed by atoms with E-state index >= 15 is 0 Å². The van der Waals surface area contributed by atoms with Crippen molar-refractivity contribution in [3.05, 3.63) is 63.5 Å². The number of piperazine rings is 1. The number of esters is 2. The van der Waals surface area contributed by atoms with Crippen LogP contribution in [0.15, 0.2) is 47.8 Å². The fraction of sp³-hybridized carbons (Fsp3) is 0.333. The van der Waals surface area contributed by atoms with Crippen LogP contribution in [0.4, 0.5) is 17.1 Å². The lowest BCUT2D eigenvalue weighted by Gasteiger charge is -2.31. The van der Waals surface area contributed by atoms with E-state index in [9.17, 15) is 19.7 Å². The third kappa shape index (κ3) is 4.43. The number of carbonyl (C=O) groups excluding carboxylic acids is 2. The van der Waals surface area contributed by atoms with Crippen molar-refractivity contribution in [3.63, 3.8) is 0 Å². The van der Waals surface area contributed by atoms with Crippen LogP contribution in [0.1, 0.15) is 5.56 Å². The molecule has 0 radical (unpaired) electrons. The van der Waals surface area contributed by atoms with Crippen molar-refractivity contribution >= 4 is 29.0 Å². The minimum absolute atomic E-state index is 0.0147. The number of aryl methyl sites for hydroxylation is 1. The molecule has 1 N–H and O–H groups in total. The van der Waals surface area contributed by atoms with E-state index in [0.717, 1.165) is 0 Å². The lowest BCUT2D eigenvalue weighted by Crippen LogP contribution is -2.43. The molecule has 2 aliphatic heterocycles. The molecule has 31 heavy (non-hydrogen) atoms. The van der Waals surface area contributed by atoms with Gasteiger partial charge in [0.25, 0.3) is 5.69 Å². The highest BCUT2D eigenvalue weighted by atomic mass is 16.6. The predicted molar refractivity (Wildman–Crippen MR) is 115 cm³/mol. The fourth-order valence-electron chi connectivity index (χ4n) is 3.59. The van der Waals surface area contributed by atoms with Gasteiger partial charge in [-0.05, 0) is 30.7 Å². The Morgan fingerprint density at radius 1 is 1.06 bits per heavy atom. The number of methoxy groups -OCH3 is 2. The number of hydrogen-bond acceptors (Lipinski definition) is 9. The van der Waals surface area contributed by atoms with Gasteiger partial charge >= 0.3 is 11.9 Å². The Morgan fingerprint density at radius 2 is 1.74 bits per heavy atom. The number of carbonyl (C=O) groups is 2. The number of nitrogens with zero attached hydrogens (tertiary/aromatic N) is 3. The smallest absolute Gasteiger partial charge is 0.355 e. The Hall–Kier alpha value is -3.66. The SMILES string of the molecule is COC(=O)C1=C(C(=O)OC)N(c2cc(N3CCNCC3)c([N+](=O)[O-])cc2C)C=CC=C1. The van der Waals surface area contributed by atoms with Crippen molar-refractivity contribution in [2.24, 2.45) is 0 Å². The Balaban J connectivity index is 2.22. The second-order valence-corrected chi connectivity index (χ2v) is 6.94. The van der Waals surface area contributed by atoms with Crippen LogP contribution in [0.25, 0.3) is 0 Å². The minimum Gasteiger partial charge on any atom is -0.465 e. The molecular weight excluding hydrogens is 404 g/mol. The molecule has 0 bridgehead atoms. The predicted octanol–water partition coefficient (Wildman–Crippen LogP) is 1.80. The summed E-state index contributed by atoms with van der Waals surface area (Å²) < 4.78 is 9.77. The largest absolute Gasteiger partial charge is 0.465 e. The number of hydrogen-bond donors (Lipinski definition) is 1. The van der Waals surface area contributed by atoms with E-state index in [-0.39, 0.29) is 17.0 Å². The average Bonchev–Trinajstić information content (AvgIpc) is 3.01. The van der Waals surface area contributed by atoms with Crippen molar-refractivity contribution < 1.29 is 24.0 Å². The molecule has 1 aromatic carbocycles. The minimum atomic E-state index is -0.738. The third-order valence-corrected chi connectivity index (χ3v) is 5.10. The summed E-state index contributed by atoms with van der Waals surface area (Å²) in [5.74, 6) is -1.44. The van der Waals surface area contributed by atoms with E-state index in [1.165, 1.54) is 31.3 Å². The molecule has 10 heteroatoms. The normalized spacial score (nSPS) is 16.2. The first kappa shape index (κ1) is 22.0. The van der Waals surface area contributed by atoms with Gasteiger partial charge in [-0.2, -0.15) is 0 Å². The summed E-state index contributed by atoms with van der Waals surface area (Å²) in [6.45, 7) is 4.33. The number of benzene rings is 1. The Kier molecular flexibility index (Phi) is 6.71. The fourth-order valence-corrected chi connectivity index (χ4v) is 3.59. The van der Waals surface area contributed by atoms with Gasteiger partial charge in [-0.1, -0.05) is 6.08 Å². The van der Waals surface area contributed by atoms with E-state index in [1.54, 1.807) is 31.3 Å². The standard InChI is InChI=1S/C21H24N4O6/c1-14-12-18(25(28)29)17(23-10-7-22-8-11-23)13-16(14)24-9-5-4-6-15(20(26)30-2)19(24)21(27)31-3/h4-6,9,12-13,22H,7-8,10-11H2,1-3H3. The summed E-state index contributed by atoms with van der Waals surface area (Å²) in [6.07, 6.45) is 6.33. The number of anilines is 2. The maximum Gasteiger partial charge on any atom is 0.355 e. The van der Waals surface area contributed by atoms with E-state index in [2.05, 4.69) is 5.32 Å². The number of rotatable bonds is 5. The Morgan fingerprint density at radius 3 is 2.35 bits per heavy atom. The van der Waals surface area contributed by atoms with Crippen LogP contribution in [-0.2, 0) is 19.1 Å². The monoisotopic (exact) mass is 428 g/mol. The third-order valence-electron chi connectivity index (χ3n) is 5.10. The van der Waals surface area contributed by atoms with Gasteiger partial charge in [-0.3, -0.25) is 10.1 Å². The van der Waals surface area contributed by atoms with Crippen molar-refractivity contribution in [2.45, 2.75) is 6.92 Å². The topological polar surface area (TPSA) is 114 Å². The highest BCUT2D eigenvalue weighted by molar-refractivity contribution is 6.05. The number of nitro groups is 1. The Labute approximate surface area is 179 Å². The molecule has 0 saturated carbocycles. The van der Waals surface area contributed by atoms with Gasteiger partial charge in [0.2, 0.25) is 0 Å². The van der Waals surface area contributed by atoms with Crippen LogP contribution in [0, 0.1) is 17.0 Å². The molecule has 1 saturated heterocycles. The molecule has 2 aliphatic rings. The van der Waals surface area contributed by atoms with Crippen LogP contribution in [0.5, 0.6) is 0 Å². The quantitative estimate of drug-likeness (QED) is 0.426. The van der Waals surface area contributed by atoms with E-state index < -0.39 is 16.9 Å². The molecule has 0 amide bonds. The number of ether oxygens (including phenoxy) is 2. The first-order valence-corrected chi connectivity index (χ1v) is 9.68. The molecule has 3 rings (SSSR count). The second kappa shape index (κ2) is 9.43. The number of allylic oxidation sites excluding steroid dienone is 2. The number of nitro benzene ring substituents is 1. The summed E-state index contributed by atoms with van der Waals surface area (Å²) in [6, 6.07) is 3.15. The zero-order valence-electron chi connectivity index (χ0n) is 17.6. The van der Waals surface area contributed by atoms with Crippen molar-refractivity contribution in [2.75, 3.05) is 50.2 Å². The van der Waals surface area contributed by atoms with Crippen LogP contribution >= 0.6 is 0 Å². The molecule has 0 atom stereocenters. The zero-order chi connectivity index (χ0) is 22.5. The van der Waals surface area contributed by atoms with Crippen LogP contribution in [0.3, 0.4) is 0 Å². The van der Waals surface area contributed by atoms with Gasteiger partial charge in [0.15, 0.2) is 0 Å². The van der Waals surface area contributed by atoms with Gasteiger partial charge in [-0.15, -0.1) is 0 Å². The highest BCUT2D eigenvalue weighted by Gasteiger charge is 2.30. The van der Waals surface area contributed by atoms with E-state index in [1.807, 2.05) is 4.90 Å². The maximum absolute atomic E-state index is 12.7. The lowest BCUT2D eigenvalue weighted by molar-refractivity contribution is -0.384. The van der Waals surface area contributed by atoms with Crippen molar-refractivity contribution in [3.8, 4) is 0 Å². The first-order chi connectivity index (χ1) is 14.9. The van der Waals surface area contributed by atoms with Gasteiger partial charge in [-0.25, -0.2) is 9.59 Å². The van der Waals surface area contributed by atoms with Crippen LogP contribution in [0.2, 0.25) is 0 Å². The van der Waals surface area contributed by atoms with Crippen LogP contribution in [-0.4, -0.2) is 57.3 Å². The molecule has 164 valence electrons. The molecule has 0 unspecified atom stereocenters. The van der Waals surface area contributed by atoms with Gasteiger partial charge < -0.3 is 24.6 Å². The molecule has 1 fully saturated rings. The maximum atomic E-state index is 12.7. The second-order valence-electron chi connectivity index (χ2n) is 6.94. The first-order valence-electron chi connectivity index (χ1n) is 9.68. The lowest BCUT2D eigenvalue weighted by atomic mass is 10.1. The van der Waals surface area contributed by atoms with Gasteiger partial charge in [0.05, 0.1) is 30.4 Å². The molecule has 0 spiro atoms. The summed E-state index contributed by atoms with van der Waals surface area (Å²) >= 11 is 0. The highest BCUT2D eigenvalue weighted by Crippen LogP contribution is 2.38. The van der Waals surface area contributed by atoms with Gasteiger partial charge in [0.1, 0.15) is 11.4 Å². The van der Waals surface area contributed by atoms with Gasteiger partial charge in [0, 0.05) is 38.4 Å². The summed E-state index contributed by atoms with van der Waals surface area (Å²) in [7, 11) is 2.44. The molecule has 2 heterocycles. The molecule has 10 nitrogen and oxygen atoms in total. The zero-order valence-corrected chi connectivity index (χ0v) is 17.6. The van der Waals surface area contributed by atoms with E-state index in [4.69, 9.17) is 9.47 Å². The Bertz CT molecular complexity index is 992. The van der Waals surface area contributed by atoms with E-state index in [0.29, 0.717) is 43.1 Å². The summed E-state index contributed by atoms with van der Waals surface area (Å²) in [5, 5.41) is 15.0. The van der Waals surface area contributed by atoms with Crippen molar-refractivity contribution in [1.29, 1.82) is 0 Å².